The number of hydrogen-bond donors (Lipinski definition) is 2. The molecule has 3 heteroatoms. The molecule has 0 rings (SSSR count). The Morgan fingerprint density at radius 2 is 1.63 bits per heavy atom. The van der Waals surface area contributed by atoms with Gasteiger partial charge in [-0.2, -0.15) is 0 Å². The van der Waals surface area contributed by atoms with E-state index in [1.165, 1.54) is 0 Å². The lowest BCUT2D eigenvalue weighted by Gasteiger charge is -2.21. The molecule has 3 N–H and O–H groups in total. The van der Waals surface area contributed by atoms with Gasteiger partial charge in [0.15, 0.2) is 0 Å². The van der Waals surface area contributed by atoms with Crippen LogP contribution in [0.15, 0.2) is 48.0 Å². The van der Waals surface area contributed by atoms with Crippen molar-refractivity contribution in [2.75, 3.05) is 7.05 Å². The molecule has 0 aromatic rings. The molecule has 0 fully saturated rings. The van der Waals surface area contributed by atoms with Gasteiger partial charge in [0.2, 0.25) is 0 Å². The number of allylic oxidation sites excluding steroid dienone is 5. The van der Waals surface area contributed by atoms with E-state index in [0.29, 0.717) is 5.92 Å². The molecule has 0 spiro atoms. The first-order valence-corrected chi connectivity index (χ1v) is 6.73. The summed E-state index contributed by atoms with van der Waals surface area (Å²) in [4.78, 5) is 0. The normalized spacial score (nSPS) is 11.6. The molecule has 0 unspecified atom stereocenters. The highest BCUT2D eigenvalue weighted by atomic mass is 15.4. The zero-order chi connectivity index (χ0) is 15.6. The van der Waals surface area contributed by atoms with Gasteiger partial charge < -0.3 is 10.3 Å². The van der Waals surface area contributed by atoms with Crippen molar-refractivity contribution in [3.05, 3.63) is 48.0 Å². The van der Waals surface area contributed by atoms with Crippen LogP contribution in [0.3, 0.4) is 0 Å². The Kier molecular flexibility index (Phi) is 10.9. The number of hydrogen-bond acceptors (Lipinski definition) is 3. The predicted molar refractivity (Wildman–Crippen MR) is 87.1 cm³/mol. The monoisotopic (exact) mass is 265 g/mol. The van der Waals surface area contributed by atoms with E-state index < -0.39 is 0 Å². The summed E-state index contributed by atoms with van der Waals surface area (Å²) >= 11 is 0. The molecule has 0 aromatic carbocycles. The van der Waals surface area contributed by atoms with Crippen LogP contribution in [0, 0.1) is 5.92 Å². The fraction of sp³-hybridized carbons (Fsp3) is 0.500. The molecule has 19 heavy (non-hydrogen) atoms. The van der Waals surface area contributed by atoms with Crippen LogP contribution in [0.5, 0.6) is 0 Å². The minimum absolute atomic E-state index is 0.352. The predicted octanol–water partition coefficient (Wildman–Crippen LogP) is 3.94. The van der Waals surface area contributed by atoms with Crippen LogP contribution < -0.4 is 11.2 Å². The maximum Gasteiger partial charge on any atom is 0.0402 e. The van der Waals surface area contributed by atoms with E-state index in [0.717, 1.165) is 22.7 Å². The lowest BCUT2D eigenvalue weighted by Crippen LogP contribution is -2.28. The first-order valence-electron chi connectivity index (χ1n) is 6.73. The van der Waals surface area contributed by atoms with E-state index in [1.54, 1.807) is 5.01 Å². The molecule has 3 nitrogen and oxygen atoms in total. The van der Waals surface area contributed by atoms with Gasteiger partial charge in [0, 0.05) is 24.1 Å². The van der Waals surface area contributed by atoms with Crippen LogP contribution in [-0.4, -0.2) is 12.1 Å². The molecule has 0 saturated carbocycles. The summed E-state index contributed by atoms with van der Waals surface area (Å²) in [6, 6.07) is 0. The van der Waals surface area contributed by atoms with Gasteiger partial charge in [-0.1, -0.05) is 46.4 Å². The van der Waals surface area contributed by atoms with Crippen molar-refractivity contribution in [1.29, 1.82) is 0 Å². The molecule has 0 aliphatic heterocycles. The molecule has 0 amide bonds. The number of nitrogens with two attached hydrogens (primary N) is 1. The number of hydrazine groups is 1. The molecular weight excluding hydrogens is 234 g/mol. The van der Waals surface area contributed by atoms with Crippen LogP contribution in [0.2, 0.25) is 0 Å². The Labute approximate surface area is 119 Å². The quantitative estimate of drug-likeness (QED) is 0.434. The second kappa shape index (κ2) is 10.4. The summed E-state index contributed by atoms with van der Waals surface area (Å²) in [7, 11) is 1.84. The number of nitrogens with one attached hydrogen (secondary N) is 1. The minimum Gasteiger partial charge on any atom is -0.360 e. The first-order chi connectivity index (χ1) is 8.73. The van der Waals surface area contributed by atoms with E-state index in [4.69, 9.17) is 5.84 Å². The summed E-state index contributed by atoms with van der Waals surface area (Å²) < 4.78 is 0. The van der Waals surface area contributed by atoms with E-state index in [2.05, 4.69) is 32.3 Å². The Bertz CT molecular complexity index is 337. The van der Waals surface area contributed by atoms with Crippen molar-refractivity contribution in [2.45, 2.75) is 41.5 Å². The average Bonchev–Trinajstić information content (AvgIpc) is 2.25. The second-order valence-electron chi connectivity index (χ2n) is 4.69. The highest BCUT2D eigenvalue weighted by Gasteiger charge is 2.07. The third-order valence-electron chi connectivity index (χ3n) is 2.06. The minimum atomic E-state index is 0.352. The van der Waals surface area contributed by atoms with Crippen molar-refractivity contribution in [3.8, 4) is 0 Å². The van der Waals surface area contributed by atoms with Gasteiger partial charge in [0.1, 0.15) is 0 Å². The zero-order valence-corrected chi connectivity index (χ0v) is 13.7. The van der Waals surface area contributed by atoms with Crippen molar-refractivity contribution >= 4 is 0 Å². The number of rotatable bonds is 6. The van der Waals surface area contributed by atoms with Crippen LogP contribution in [0.1, 0.15) is 41.5 Å². The van der Waals surface area contributed by atoms with Gasteiger partial charge in [-0.05, 0) is 31.9 Å². The van der Waals surface area contributed by atoms with Crippen molar-refractivity contribution in [3.63, 3.8) is 0 Å². The molecule has 0 radical (unpaired) electrons. The summed E-state index contributed by atoms with van der Waals surface area (Å²) in [6.07, 6.45) is 3.99. The lowest BCUT2D eigenvalue weighted by molar-refractivity contribution is 0.390. The van der Waals surface area contributed by atoms with Crippen molar-refractivity contribution in [2.24, 2.45) is 11.8 Å². The van der Waals surface area contributed by atoms with Gasteiger partial charge in [0.05, 0.1) is 0 Å². The molecule has 0 heterocycles. The Balaban J connectivity index is 0. The summed E-state index contributed by atoms with van der Waals surface area (Å²) in [5, 5.41) is 4.83. The molecule has 110 valence electrons. The van der Waals surface area contributed by atoms with Gasteiger partial charge in [-0.3, -0.25) is 0 Å². The van der Waals surface area contributed by atoms with E-state index >= 15 is 0 Å². The van der Waals surface area contributed by atoms with E-state index in [1.807, 2.05) is 46.9 Å². The summed E-state index contributed by atoms with van der Waals surface area (Å²) in [6.45, 7) is 19.8. The fourth-order valence-corrected chi connectivity index (χ4v) is 1.46. The SMILES string of the molecule is C=C(C)/C=C(/C=C(/C(C)C)N(C)N)NC(=C)C.CC. The smallest absolute Gasteiger partial charge is 0.0402 e. The Morgan fingerprint density at radius 3 is 1.89 bits per heavy atom. The number of nitrogens with zero attached hydrogens (tertiary/aromatic N) is 1. The fourth-order valence-electron chi connectivity index (χ4n) is 1.46. The third kappa shape index (κ3) is 10.2. The summed E-state index contributed by atoms with van der Waals surface area (Å²) in [5.41, 5.74) is 3.86. The van der Waals surface area contributed by atoms with Crippen LogP contribution in [0.25, 0.3) is 0 Å². The van der Waals surface area contributed by atoms with Gasteiger partial charge >= 0.3 is 0 Å². The molecule has 0 aliphatic rings. The van der Waals surface area contributed by atoms with Gasteiger partial charge in [-0.15, -0.1) is 0 Å². The first kappa shape index (κ1) is 19.9. The molecule has 0 aromatic heterocycles. The standard InChI is InChI=1S/C14H25N3.C2H6/c1-10(2)8-13(16-12(5)6)9-14(11(3)4)17(7)15;1-2/h8-9,11,16H,1,5,15H2,2-4,6-7H3;1-2H3/b13-8-,14-9-;. The Hall–Kier alpha value is -1.48. The van der Waals surface area contributed by atoms with Gasteiger partial charge in [-0.25, -0.2) is 5.84 Å². The zero-order valence-electron chi connectivity index (χ0n) is 13.7. The lowest BCUT2D eigenvalue weighted by atomic mass is 10.1. The molecular formula is C16H31N3. The largest absolute Gasteiger partial charge is 0.360 e. The van der Waals surface area contributed by atoms with Crippen LogP contribution in [-0.2, 0) is 0 Å². The second-order valence-corrected chi connectivity index (χ2v) is 4.69. The third-order valence-corrected chi connectivity index (χ3v) is 2.06. The summed E-state index contributed by atoms with van der Waals surface area (Å²) in [5.74, 6) is 6.16. The van der Waals surface area contributed by atoms with E-state index in [-0.39, 0.29) is 0 Å². The molecule has 0 aliphatic carbocycles. The maximum atomic E-state index is 5.81. The molecule has 0 atom stereocenters. The van der Waals surface area contributed by atoms with Gasteiger partial charge in [0.25, 0.3) is 0 Å². The molecule has 0 saturated heterocycles. The highest BCUT2D eigenvalue weighted by molar-refractivity contribution is 5.31. The van der Waals surface area contributed by atoms with Crippen molar-refractivity contribution < 1.29 is 0 Å². The maximum absolute atomic E-state index is 5.81. The van der Waals surface area contributed by atoms with Crippen LogP contribution >= 0.6 is 0 Å². The highest BCUT2D eigenvalue weighted by Crippen LogP contribution is 2.14. The molecule has 0 bridgehead atoms. The topological polar surface area (TPSA) is 41.3 Å². The van der Waals surface area contributed by atoms with Crippen molar-refractivity contribution in [1.82, 2.24) is 10.3 Å². The van der Waals surface area contributed by atoms with Crippen LogP contribution in [0.4, 0.5) is 0 Å². The van der Waals surface area contributed by atoms with E-state index in [9.17, 15) is 0 Å². The average molecular weight is 265 g/mol. The Morgan fingerprint density at radius 1 is 1.16 bits per heavy atom.